The molecule has 0 aromatic carbocycles. The van der Waals surface area contributed by atoms with E-state index in [4.69, 9.17) is 4.74 Å². The maximum absolute atomic E-state index is 5.72. The van der Waals surface area contributed by atoms with Gasteiger partial charge in [-0.15, -0.1) is 0 Å². The average Bonchev–Trinajstić information content (AvgIpc) is 3.33. The van der Waals surface area contributed by atoms with E-state index in [9.17, 15) is 0 Å². The summed E-state index contributed by atoms with van der Waals surface area (Å²) < 4.78 is 5.72. The highest BCUT2D eigenvalue weighted by Gasteiger charge is 2.30. The van der Waals surface area contributed by atoms with Crippen LogP contribution in [0.2, 0.25) is 0 Å². The molecule has 1 N–H and O–H groups in total. The number of hydrogen-bond acceptors (Lipinski definition) is 3. The van der Waals surface area contributed by atoms with Crippen molar-refractivity contribution in [3.8, 4) is 0 Å². The molecule has 5 heteroatoms. The van der Waals surface area contributed by atoms with Crippen LogP contribution >= 0.6 is 0 Å². The van der Waals surface area contributed by atoms with Gasteiger partial charge in [-0.3, -0.25) is 9.89 Å². The highest BCUT2D eigenvalue weighted by atomic mass is 16.5. The van der Waals surface area contributed by atoms with E-state index in [-0.39, 0.29) is 0 Å². The minimum atomic E-state index is 0.436. The Kier molecular flexibility index (Phi) is 6.96. The zero-order valence-electron chi connectivity index (χ0n) is 14.8. The molecule has 0 atom stereocenters. The van der Waals surface area contributed by atoms with Crippen LogP contribution in [-0.4, -0.2) is 73.8 Å². The lowest BCUT2D eigenvalue weighted by molar-refractivity contribution is 0.0263. The molecule has 0 amide bonds. The van der Waals surface area contributed by atoms with Crippen molar-refractivity contribution in [1.29, 1.82) is 0 Å². The number of likely N-dealkylation sites (tertiary alicyclic amines) is 1. The van der Waals surface area contributed by atoms with Gasteiger partial charge >= 0.3 is 0 Å². The molecule has 128 valence electrons. The van der Waals surface area contributed by atoms with Gasteiger partial charge in [0.15, 0.2) is 5.96 Å². The molecule has 0 radical (unpaired) electrons. The summed E-state index contributed by atoms with van der Waals surface area (Å²) in [4.78, 5) is 9.44. The van der Waals surface area contributed by atoms with Crippen molar-refractivity contribution in [2.24, 2.45) is 4.99 Å². The number of guanidine groups is 1. The van der Waals surface area contributed by atoms with Crippen LogP contribution < -0.4 is 5.32 Å². The Bertz CT molecular complexity index is 345. The van der Waals surface area contributed by atoms with Crippen LogP contribution in [0, 0.1) is 0 Å². The Morgan fingerprint density at radius 3 is 2.45 bits per heavy atom. The smallest absolute Gasteiger partial charge is 0.193 e. The van der Waals surface area contributed by atoms with Gasteiger partial charge in [0.25, 0.3) is 0 Å². The summed E-state index contributed by atoms with van der Waals surface area (Å²) in [6.07, 6.45) is 5.39. The van der Waals surface area contributed by atoms with Crippen molar-refractivity contribution in [2.75, 3.05) is 39.8 Å². The van der Waals surface area contributed by atoms with E-state index >= 15 is 0 Å². The summed E-state index contributed by atoms with van der Waals surface area (Å²) in [5.74, 6) is 1.05. The summed E-state index contributed by atoms with van der Waals surface area (Å²) in [6, 6.07) is 1.46. The second-order valence-electron chi connectivity index (χ2n) is 6.68. The number of nitrogens with zero attached hydrogens (tertiary/aromatic N) is 3. The third-order valence-electron chi connectivity index (χ3n) is 4.69. The van der Waals surface area contributed by atoms with Crippen LogP contribution in [0.3, 0.4) is 0 Å². The first kappa shape index (κ1) is 17.5. The summed E-state index contributed by atoms with van der Waals surface area (Å²) in [6.45, 7) is 11.7. The van der Waals surface area contributed by atoms with Crippen molar-refractivity contribution in [2.45, 2.75) is 64.6 Å². The maximum Gasteiger partial charge on any atom is 0.193 e. The number of hydrogen-bond donors (Lipinski definition) is 1. The molecule has 1 heterocycles. The largest absolute Gasteiger partial charge is 0.378 e. The molecule has 1 aliphatic heterocycles. The standard InChI is InChI=1S/C17H34N4O/c1-5-22-16-8-11-20(12-9-16)17(18-4)19-10-13-21(14(2)3)15-6-7-15/h14-16H,5-13H2,1-4H3,(H,18,19). The predicted octanol–water partition coefficient (Wildman–Crippen LogP) is 1.94. The van der Waals surface area contributed by atoms with E-state index in [1.807, 2.05) is 7.05 Å². The van der Waals surface area contributed by atoms with E-state index in [1.165, 1.54) is 12.8 Å². The van der Waals surface area contributed by atoms with E-state index in [0.29, 0.717) is 12.1 Å². The first-order valence-corrected chi connectivity index (χ1v) is 8.98. The van der Waals surface area contributed by atoms with Crippen molar-refractivity contribution in [3.63, 3.8) is 0 Å². The fourth-order valence-electron chi connectivity index (χ4n) is 3.37. The van der Waals surface area contributed by atoms with E-state index < -0.39 is 0 Å². The van der Waals surface area contributed by atoms with Gasteiger partial charge in [0, 0.05) is 51.9 Å². The van der Waals surface area contributed by atoms with Gasteiger partial charge in [-0.2, -0.15) is 0 Å². The van der Waals surface area contributed by atoms with Crippen LogP contribution in [0.15, 0.2) is 4.99 Å². The van der Waals surface area contributed by atoms with Gasteiger partial charge in [0.05, 0.1) is 6.10 Å². The molecule has 0 aromatic heterocycles. The summed E-state index contributed by atoms with van der Waals surface area (Å²) in [5, 5.41) is 3.55. The average molecular weight is 310 g/mol. The Balaban J connectivity index is 1.71. The summed E-state index contributed by atoms with van der Waals surface area (Å²) >= 11 is 0. The van der Waals surface area contributed by atoms with Crippen LogP contribution in [0.5, 0.6) is 0 Å². The molecule has 0 bridgehead atoms. The molecule has 2 aliphatic rings. The van der Waals surface area contributed by atoms with Crippen molar-refractivity contribution < 1.29 is 4.74 Å². The topological polar surface area (TPSA) is 40.1 Å². The van der Waals surface area contributed by atoms with Crippen molar-refractivity contribution >= 4 is 5.96 Å². The normalized spacial score (nSPS) is 21.0. The fourth-order valence-corrected chi connectivity index (χ4v) is 3.37. The number of aliphatic imine (C=N–C) groups is 1. The minimum absolute atomic E-state index is 0.436. The van der Waals surface area contributed by atoms with Gasteiger partial charge in [-0.05, 0) is 46.5 Å². The third-order valence-corrected chi connectivity index (χ3v) is 4.69. The first-order valence-electron chi connectivity index (χ1n) is 8.98. The molecule has 22 heavy (non-hydrogen) atoms. The quantitative estimate of drug-likeness (QED) is 0.576. The van der Waals surface area contributed by atoms with Gasteiger partial charge in [-0.25, -0.2) is 0 Å². The second-order valence-corrected chi connectivity index (χ2v) is 6.68. The minimum Gasteiger partial charge on any atom is -0.378 e. The number of ether oxygens (including phenoxy) is 1. The molecule has 5 nitrogen and oxygen atoms in total. The Labute approximate surface area is 136 Å². The Morgan fingerprint density at radius 2 is 1.95 bits per heavy atom. The Hall–Kier alpha value is -0.810. The van der Waals surface area contributed by atoms with Crippen LogP contribution in [0.4, 0.5) is 0 Å². The second kappa shape index (κ2) is 8.73. The van der Waals surface area contributed by atoms with Crippen LogP contribution in [0.25, 0.3) is 0 Å². The first-order chi connectivity index (χ1) is 10.7. The molecule has 1 aliphatic carbocycles. The van der Waals surface area contributed by atoms with E-state index in [0.717, 1.165) is 57.6 Å². The lowest BCUT2D eigenvalue weighted by Gasteiger charge is -2.34. The zero-order chi connectivity index (χ0) is 15.9. The number of rotatable bonds is 7. The summed E-state index contributed by atoms with van der Waals surface area (Å²) in [5.41, 5.74) is 0. The SMILES string of the molecule is CCOC1CCN(C(=NC)NCCN(C(C)C)C2CC2)CC1. The highest BCUT2D eigenvalue weighted by Crippen LogP contribution is 2.27. The third kappa shape index (κ3) is 5.13. The van der Waals surface area contributed by atoms with Crippen LogP contribution in [0.1, 0.15) is 46.5 Å². The van der Waals surface area contributed by atoms with Crippen LogP contribution in [-0.2, 0) is 4.74 Å². The monoisotopic (exact) mass is 310 g/mol. The number of piperidine rings is 1. The van der Waals surface area contributed by atoms with E-state index in [1.54, 1.807) is 0 Å². The lowest BCUT2D eigenvalue weighted by atomic mass is 10.1. The predicted molar refractivity (Wildman–Crippen MR) is 92.4 cm³/mol. The van der Waals surface area contributed by atoms with Gasteiger partial charge < -0.3 is 15.0 Å². The number of nitrogens with one attached hydrogen (secondary N) is 1. The fraction of sp³-hybridized carbons (Fsp3) is 0.941. The molecule has 0 aromatic rings. The molecule has 1 saturated carbocycles. The van der Waals surface area contributed by atoms with E-state index in [2.05, 4.69) is 40.9 Å². The van der Waals surface area contributed by atoms with Gasteiger partial charge in [0.2, 0.25) is 0 Å². The molecular formula is C17H34N4O. The molecule has 2 rings (SSSR count). The molecular weight excluding hydrogens is 276 g/mol. The van der Waals surface area contributed by atoms with Crippen molar-refractivity contribution in [1.82, 2.24) is 15.1 Å². The van der Waals surface area contributed by atoms with Gasteiger partial charge in [-0.1, -0.05) is 0 Å². The molecule has 0 unspecified atom stereocenters. The molecule has 2 fully saturated rings. The van der Waals surface area contributed by atoms with Crippen molar-refractivity contribution in [3.05, 3.63) is 0 Å². The summed E-state index contributed by atoms with van der Waals surface area (Å²) in [7, 11) is 1.89. The Morgan fingerprint density at radius 1 is 1.27 bits per heavy atom. The van der Waals surface area contributed by atoms with Gasteiger partial charge in [0.1, 0.15) is 0 Å². The lowest BCUT2D eigenvalue weighted by Crippen LogP contribution is -2.49. The highest BCUT2D eigenvalue weighted by molar-refractivity contribution is 5.79. The zero-order valence-corrected chi connectivity index (χ0v) is 14.8. The molecule has 0 spiro atoms. The maximum atomic E-state index is 5.72. The molecule has 1 saturated heterocycles.